The van der Waals surface area contributed by atoms with Gasteiger partial charge in [-0.1, -0.05) is 32.6 Å². The average Bonchev–Trinajstić information content (AvgIpc) is 2.53. The van der Waals surface area contributed by atoms with E-state index in [1.807, 2.05) is 0 Å². The third-order valence-corrected chi connectivity index (χ3v) is 3.55. The predicted octanol–water partition coefficient (Wildman–Crippen LogP) is 2.91. The molecule has 1 saturated carbocycles. The fourth-order valence-corrected chi connectivity index (χ4v) is 2.16. The zero-order valence-corrected chi connectivity index (χ0v) is 10.2. The molecule has 1 rings (SSSR count). The summed E-state index contributed by atoms with van der Waals surface area (Å²) in [6, 6.07) is 0.472. The Morgan fingerprint density at radius 3 is 2.40 bits per heavy atom. The van der Waals surface area contributed by atoms with E-state index in [9.17, 15) is 4.79 Å². The van der Waals surface area contributed by atoms with E-state index in [-0.39, 0.29) is 0 Å². The van der Waals surface area contributed by atoms with Crippen LogP contribution in [0.3, 0.4) is 0 Å². The van der Waals surface area contributed by atoms with Crippen molar-refractivity contribution in [2.24, 2.45) is 5.92 Å². The van der Waals surface area contributed by atoms with Gasteiger partial charge in [0.15, 0.2) is 0 Å². The Balaban J connectivity index is 2.25. The number of hydrogen-bond acceptors (Lipinski definition) is 2. The monoisotopic (exact) mass is 211 g/mol. The molecule has 1 fully saturated rings. The van der Waals surface area contributed by atoms with E-state index in [0.29, 0.717) is 24.3 Å². The molecule has 1 aliphatic carbocycles. The third-order valence-electron chi connectivity index (χ3n) is 3.55. The first-order valence-electron chi connectivity index (χ1n) is 6.50. The molecule has 15 heavy (non-hydrogen) atoms. The summed E-state index contributed by atoms with van der Waals surface area (Å²) in [7, 11) is 0. The van der Waals surface area contributed by atoms with Gasteiger partial charge in [0.05, 0.1) is 6.54 Å². The Hall–Kier alpha value is -0.370. The molecular formula is C13H25NO. The van der Waals surface area contributed by atoms with Crippen LogP contribution < -0.4 is 5.32 Å². The molecule has 0 spiro atoms. The summed E-state index contributed by atoms with van der Waals surface area (Å²) in [5.41, 5.74) is 0. The van der Waals surface area contributed by atoms with Gasteiger partial charge >= 0.3 is 0 Å². The van der Waals surface area contributed by atoms with Crippen LogP contribution in [0.15, 0.2) is 0 Å². The number of carbonyl (C=O) groups excluding carboxylic acids is 1. The molecular weight excluding hydrogens is 186 g/mol. The highest BCUT2D eigenvalue weighted by Crippen LogP contribution is 2.23. The van der Waals surface area contributed by atoms with Crippen molar-refractivity contribution < 1.29 is 4.79 Å². The molecule has 1 atom stereocenters. The minimum absolute atomic E-state index is 0.351. The SMILES string of the molecule is CCC(C)NCC(=O)C1CCCCCC1. The van der Waals surface area contributed by atoms with E-state index in [2.05, 4.69) is 19.2 Å². The van der Waals surface area contributed by atoms with Crippen molar-refractivity contribution in [2.75, 3.05) is 6.54 Å². The Bertz CT molecular complexity index is 183. The first-order chi connectivity index (χ1) is 7.24. The molecule has 0 saturated heterocycles. The number of nitrogens with one attached hydrogen (secondary N) is 1. The minimum Gasteiger partial charge on any atom is -0.308 e. The Morgan fingerprint density at radius 2 is 1.87 bits per heavy atom. The molecule has 1 N–H and O–H groups in total. The van der Waals surface area contributed by atoms with Gasteiger partial charge < -0.3 is 5.32 Å². The van der Waals surface area contributed by atoms with E-state index in [4.69, 9.17) is 0 Å². The van der Waals surface area contributed by atoms with Gasteiger partial charge in [0.1, 0.15) is 5.78 Å². The molecule has 0 aromatic heterocycles. The van der Waals surface area contributed by atoms with Gasteiger partial charge in [-0.3, -0.25) is 4.79 Å². The van der Waals surface area contributed by atoms with Gasteiger partial charge in [0.25, 0.3) is 0 Å². The Labute approximate surface area is 93.8 Å². The number of Topliss-reactive ketones (excluding diaryl/α,β-unsaturated/α-hetero) is 1. The van der Waals surface area contributed by atoms with Crippen LogP contribution in [-0.2, 0) is 4.79 Å². The number of carbonyl (C=O) groups is 1. The highest BCUT2D eigenvalue weighted by molar-refractivity contribution is 5.82. The highest BCUT2D eigenvalue weighted by atomic mass is 16.1. The van der Waals surface area contributed by atoms with Crippen molar-refractivity contribution in [3.8, 4) is 0 Å². The van der Waals surface area contributed by atoms with Crippen molar-refractivity contribution in [1.29, 1.82) is 0 Å². The molecule has 0 amide bonds. The molecule has 0 radical (unpaired) electrons. The van der Waals surface area contributed by atoms with E-state index in [1.54, 1.807) is 0 Å². The van der Waals surface area contributed by atoms with E-state index < -0.39 is 0 Å². The van der Waals surface area contributed by atoms with Crippen LogP contribution in [0.2, 0.25) is 0 Å². The first kappa shape index (κ1) is 12.7. The summed E-state index contributed by atoms with van der Waals surface area (Å²) in [5, 5.41) is 3.30. The summed E-state index contributed by atoms with van der Waals surface area (Å²) in [5.74, 6) is 0.793. The lowest BCUT2D eigenvalue weighted by Gasteiger charge is -2.15. The van der Waals surface area contributed by atoms with Crippen LogP contribution in [0, 0.1) is 5.92 Å². The van der Waals surface area contributed by atoms with Crippen molar-refractivity contribution >= 4 is 5.78 Å². The predicted molar refractivity (Wildman–Crippen MR) is 64.0 cm³/mol. The second-order valence-corrected chi connectivity index (χ2v) is 4.84. The quantitative estimate of drug-likeness (QED) is 0.708. The summed E-state index contributed by atoms with van der Waals surface area (Å²) >= 11 is 0. The molecule has 0 aromatic carbocycles. The summed E-state index contributed by atoms with van der Waals surface area (Å²) in [6.45, 7) is 4.87. The standard InChI is InChI=1S/C13H25NO/c1-3-11(2)14-10-13(15)12-8-6-4-5-7-9-12/h11-12,14H,3-10H2,1-2H3. The van der Waals surface area contributed by atoms with Crippen LogP contribution in [0.1, 0.15) is 58.8 Å². The van der Waals surface area contributed by atoms with Gasteiger partial charge in [-0.15, -0.1) is 0 Å². The van der Waals surface area contributed by atoms with Gasteiger partial charge in [0, 0.05) is 12.0 Å². The van der Waals surface area contributed by atoms with Gasteiger partial charge in [-0.25, -0.2) is 0 Å². The molecule has 0 bridgehead atoms. The summed E-state index contributed by atoms with van der Waals surface area (Å²) < 4.78 is 0. The fourth-order valence-electron chi connectivity index (χ4n) is 2.16. The van der Waals surface area contributed by atoms with Crippen LogP contribution in [0.5, 0.6) is 0 Å². The largest absolute Gasteiger partial charge is 0.308 e. The number of rotatable bonds is 5. The molecule has 1 unspecified atom stereocenters. The third kappa shape index (κ3) is 4.78. The summed E-state index contributed by atoms with van der Waals surface area (Å²) in [4.78, 5) is 11.9. The second kappa shape index (κ2) is 7.00. The molecule has 88 valence electrons. The molecule has 0 aromatic rings. The number of hydrogen-bond donors (Lipinski definition) is 1. The van der Waals surface area contributed by atoms with Crippen molar-refractivity contribution in [1.82, 2.24) is 5.32 Å². The van der Waals surface area contributed by atoms with Crippen molar-refractivity contribution in [3.63, 3.8) is 0 Å². The van der Waals surface area contributed by atoms with Crippen LogP contribution in [0.4, 0.5) is 0 Å². The van der Waals surface area contributed by atoms with Gasteiger partial charge in [0.2, 0.25) is 0 Å². The molecule has 2 nitrogen and oxygen atoms in total. The Morgan fingerprint density at radius 1 is 1.27 bits per heavy atom. The lowest BCUT2D eigenvalue weighted by atomic mass is 9.95. The lowest BCUT2D eigenvalue weighted by molar-refractivity contribution is -0.122. The molecule has 2 heteroatoms. The first-order valence-corrected chi connectivity index (χ1v) is 6.50. The minimum atomic E-state index is 0.351. The fraction of sp³-hybridized carbons (Fsp3) is 0.923. The molecule has 1 aliphatic rings. The van der Waals surface area contributed by atoms with Crippen molar-refractivity contribution in [2.45, 2.75) is 64.8 Å². The highest BCUT2D eigenvalue weighted by Gasteiger charge is 2.19. The maximum Gasteiger partial charge on any atom is 0.149 e. The average molecular weight is 211 g/mol. The van der Waals surface area contributed by atoms with Crippen LogP contribution in [-0.4, -0.2) is 18.4 Å². The molecule has 0 aliphatic heterocycles. The second-order valence-electron chi connectivity index (χ2n) is 4.84. The van der Waals surface area contributed by atoms with Gasteiger partial charge in [-0.2, -0.15) is 0 Å². The zero-order valence-electron chi connectivity index (χ0n) is 10.2. The number of ketones is 1. The maximum absolute atomic E-state index is 11.9. The molecule has 0 heterocycles. The van der Waals surface area contributed by atoms with Crippen molar-refractivity contribution in [3.05, 3.63) is 0 Å². The summed E-state index contributed by atoms with van der Waals surface area (Å²) in [6.07, 6.45) is 8.49. The van der Waals surface area contributed by atoms with E-state index in [1.165, 1.54) is 25.7 Å². The maximum atomic E-state index is 11.9. The van der Waals surface area contributed by atoms with Crippen LogP contribution >= 0.6 is 0 Å². The lowest BCUT2D eigenvalue weighted by Crippen LogP contribution is -2.34. The van der Waals surface area contributed by atoms with Crippen LogP contribution in [0.25, 0.3) is 0 Å². The zero-order chi connectivity index (χ0) is 11.1. The van der Waals surface area contributed by atoms with Gasteiger partial charge in [-0.05, 0) is 26.2 Å². The smallest absolute Gasteiger partial charge is 0.149 e. The topological polar surface area (TPSA) is 29.1 Å². The Kier molecular flexibility index (Phi) is 5.92. The van der Waals surface area contributed by atoms with E-state index >= 15 is 0 Å². The van der Waals surface area contributed by atoms with E-state index in [0.717, 1.165) is 19.3 Å². The normalized spacial score (nSPS) is 20.9.